The second kappa shape index (κ2) is 3.30. The largest absolute Gasteiger partial charge is 0.340 e. The first kappa shape index (κ1) is 8.65. The Kier molecular flexibility index (Phi) is 2.60. The fraction of sp³-hybridized carbons (Fsp3) is 0.625. The quantitative estimate of drug-likeness (QED) is 0.691. The lowest BCUT2D eigenvalue weighted by Crippen LogP contribution is -2.08. The fourth-order valence-corrected chi connectivity index (χ4v) is 1.47. The predicted molar refractivity (Wildman–Crippen MR) is 48.8 cm³/mol. The Morgan fingerprint density at radius 3 is 2.73 bits per heavy atom. The SMILES string of the molecule is CC(C)(C)CSc1ncc[nH]1. The molecular formula is C8H14N2S. The molecule has 1 rings (SSSR count). The van der Waals surface area contributed by atoms with E-state index in [-0.39, 0.29) is 0 Å². The highest BCUT2D eigenvalue weighted by Gasteiger charge is 2.10. The molecule has 0 atom stereocenters. The van der Waals surface area contributed by atoms with Crippen molar-refractivity contribution in [2.45, 2.75) is 25.9 Å². The molecule has 0 aliphatic carbocycles. The van der Waals surface area contributed by atoms with Gasteiger partial charge >= 0.3 is 0 Å². The van der Waals surface area contributed by atoms with Crippen LogP contribution in [0.15, 0.2) is 17.6 Å². The summed E-state index contributed by atoms with van der Waals surface area (Å²) in [5, 5.41) is 1.01. The number of aromatic nitrogens is 2. The number of imidazole rings is 1. The third-order valence-electron chi connectivity index (χ3n) is 1.12. The topological polar surface area (TPSA) is 28.7 Å². The highest BCUT2D eigenvalue weighted by molar-refractivity contribution is 7.99. The maximum absolute atomic E-state index is 4.13. The van der Waals surface area contributed by atoms with Gasteiger partial charge in [-0.25, -0.2) is 4.98 Å². The van der Waals surface area contributed by atoms with Crippen molar-refractivity contribution in [1.82, 2.24) is 9.97 Å². The predicted octanol–water partition coefficient (Wildman–Crippen LogP) is 2.55. The standard InChI is InChI=1S/C8H14N2S/c1-8(2,3)6-11-7-9-4-5-10-7/h4-5H,6H2,1-3H3,(H,9,10). The molecule has 0 bridgehead atoms. The van der Waals surface area contributed by atoms with E-state index in [1.165, 1.54) is 0 Å². The summed E-state index contributed by atoms with van der Waals surface area (Å²) in [6.07, 6.45) is 3.63. The van der Waals surface area contributed by atoms with Crippen LogP contribution in [-0.4, -0.2) is 15.7 Å². The number of H-pyrrole nitrogens is 1. The molecule has 0 spiro atoms. The first-order valence-corrected chi connectivity index (χ1v) is 4.69. The van der Waals surface area contributed by atoms with E-state index in [1.807, 2.05) is 6.20 Å². The number of rotatable bonds is 2. The molecule has 11 heavy (non-hydrogen) atoms. The van der Waals surface area contributed by atoms with Crippen molar-refractivity contribution >= 4 is 11.8 Å². The van der Waals surface area contributed by atoms with Crippen LogP contribution in [0.4, 0.5) is 0 Å². The molecule has 0 saturated carbocycles. The maximum atomic E-state index is 4.13. The van der Waals surface area contributed by atoms with Gasteiger partial charge in [-0.3, -0.25) is 0 Å². The lowest BCUT2D eigenvalue weighted by molar-refractivity contribution is 0.480. The van der Waals surface area contributed by atoms with Crippen LogP contribution >= 0.6 is 11.8 Å². The third kappa shape index (κ3) is 3.46. The number of nitrogens with one attached hydrogen (secondary N) is 1. The number of aromatic amines is 1. The Labute approximate surface area is 71.8 Å². The van der Waals surface area contributed by atoms with Gasteiger partial charge in [0.15, 0.2) is 5.16 Å². The summed E-state index contributed by atoms with van der Waals surface area (Å²) in [6, 6.07) is 0. The van der Waals surface area contributed by atoms with Crippen molar-refractivity contribution in [3.63, 3.8) is 0 Å². The lowest BCUT2D eigenvalue weighted by Gasteiger charge is -2.15. The zero-order chi connectivity index (χ0) is 8.32. The Bertz CT molecular complexity index is 198. The molecule has 1 N–H and O–H groups in total. The molecule has 0 aliphatic rings. The zero-order valence-corrected chi connectivity index (χ0v) is 8.03. The van der Waals surface area contributed by atoms with E-state index in [4.69, 9.17) is 0 Å². The number of nitrogens with zero attached hydrogens (tertiary/aromatic N) is 1. The minimum Gasteiger partial charge on any atom is -0.340 e. The molecule has 0 amide bonds. The van der Waals surface area contributed by atoms with Gasteiger partial charge < -0.3 is 4.98 Å². The summed E-state index contributed by atoms with van der Waals surface area (Å²) in [5.74, 6) is 1.10. The van der Waals surface area contributed by atoms with Gasteiger partial charge in [-0.2, -0.15) is 0 Å². The first-order valence-electron chi connectivity index (χ1n) is 3.70. The second-order valence-electron chi connectivity index (χ2n) is 3.74. The molecule has 0 unspecified atom stereocenters. The fourth-order valence-electron chi connectivity index (χ4n) is 0.615. The van der Waals surface area contributed by atoms with Gasteiger partial charge in [0, 0.05) is 18.1 Å². The van der Waals surface area contributed by atoms with Gasteiger partial charge in [0.2, 0.25) is 0 Å². The van der Waals surface area contributed by atoms with Crippen molar-refractivity contribution in [3.8, 4) is 0 Å². The van der Waals surface area contributed by atoms with Gasteiger partial charge in [0.1, 0.15) is 0 Å². The van der Waals surface area contributed by atoms with E-state index in [1.54, 1.807) is 18.0 Å². The molecule has 62 valence electrons. The van der Waals surface area contributed by atoms with E-state index in [2.05, 4.69) is 30.7 Å². The molecule has 3 heteroatoms. The van der Waals surface area contributed by atoms with Gasteiger partial charge in [-0.15, -0.1) is 0 Å². The summed E-state index contributed by atoms with van der Waals surface area (Å²) < 4.78 is 0. The van der Waals surface area contributed by atoms with Crippen LogP contribution in [-0.2, 0) is 0 Å². The molecular weight excluding hydrogens is 156 g/mol. The number of hydrogen-bond donors (Lipinski definition) is 1. The smallest absolute Gasteiger partial charge is 0.165 e. The molecule has 0 radical (unpaired) electrons. The molecule has 0 aromatic carbocycles. The van der Waals surface area contributed by atoms with Gasteiger partial charge in [-0.05, 0) is 5.41 Å². The average Bonchev–Trinajstić information content (AvgIpc) is 2.32. The van der Waals surface area contributed by atoms with Crippen molar-refractivity contribution in [3.05, 3.63) is 12.4 Å². The normalized spacial score (nSPS) is 11.9. The number of thioether (sulfide) groups is 1. The summed E-state index contributed by atoms with van der Waals surface area (Å²) in [5.41, 5.74) is 0.372. The van der Waals surface area contributed by atoms with Gasteiger partial charge in [-0.1, -0.05) is 32.5 Å². The van der Waals surface area contributed by atoms with Crippen molar-refractivity contribution in [2.75, 3.05) is 5.75 Å². The Morgan fingerprint density at radius 1 is 1.55 bits per heavy atom. The molecule has 1 heterocycles. The van der Waals surface area contributed by atoms with Crippen molar-refractivity contribution in [1.29, 1.82) is 0 Å². The van der Waals surface area contributed by atoms with Crippen LogP contribution in [0.3, 0.4) is 0 Å². The summed E-state index contributed by atoms with van der Waals surface area (Å²) in [7, 11) is 0. The monoisotopic (exact) mass is 170 g/mol. The Morgan fingerprint density at radius 2 is 2.27 bits per heavy atom. The molecule has 2 nitrogen and oxygen atoms in total. The second-order valence-corrected chi connectivity index (χ2v) is 4.71. The molecule has 0 aliphatic heterocycles. The van der Waals surface area contributed by atoms with E-state index in [0.717, 1.165) is 10.9 Å². The van der Waals surface area contributed by atoms with Crippen LogP contribution in [0.5, 0.6) is 0 Å². The molecule has 1 aromatic rings. The minimum absolute atomic E-state index is 0.372. The highest BCUT2D eigenvalue weighted by atomic mass is 32.2. The van der Waals surface area contributed by atoms with Crippen molar-refractivity contribution < 1.29 is 0 Å². The molecule has 0 saturated heterocycles. The van der Waals surface area contributed by atoms with E-state index in [9.17, 15) is 0 Å². The van der Waals surface area contributed by atoms with Crippen LogP contribution in [0.25, 0.3) is 0 Å². The van der Waals surface area contributed by atoms with Crippen LogP contribution < -0.4 is 0 Å². The zero-order valence-electron chi connectivity index (χ0n) is 7.22. The number of hydrogen-bond acceptors (Lipinski definition) is 2. The Balaban J connectivity index is 2.35. The van der Waals surface area contributed by atoms with Crippen molar-refractivity contribution in [2.24, 2.45) is 5.41 Å². The van der Waals surface area contributed by atoms with E-state index >= 15 is 0 Å². The minimum atomic E-state index is 0.372. The summed E-state index contributed by atoms with van der Waals surface area (Å²) in [4.78, 5) is 7.19. The van der Waals surface area contributed by atoms with Crippen LogP contribution in [0.1, 0.15) is 20.8 Å². The average molecular weight is 170 g/mol. The lowest BCUT2D eigenvalue weighted by atomic mass is 10.0. The molecule has 0 fully saturated rings. The van der Waals surface area contributed by atoms with Gasteiger partial charge in [0.25, 0.3) is 0 Å². The van der Waals surface area contributed by atoms with E-state index in [0.29, 0.717) is 5.41 Å². The van der Waals surface area contributed by atoms with E-state index < -0.39 is 0 Å². The summed E-state index contributed by atoms with van der Waals surface area (Å²) in [6.45, 7) is 6.68. The third-order valence-corrected chi connectivity index (χ3v) is 2.62. The summed E-state index contributed by atoms with van der Waals surface area (Å²) >= 11 is 1.77. The van der Waals surface area contributed by atoms with Crippen LogP contribution in [0, 0.1) is 5.41 Å². The van der Waals surface area contributed by atoms with Gasteiger partial charge in [0.05, 0.1) is 0 Å². The molecule has 1 aromatic heterocycles. The highest BCUT2D eigenvalue weighted by Crippen LogP contribution is 2.23. The first-order chi connectivity index (χ1) is 5.08. The maximum Gasteiger partial charge on any atom is 0.165 e. The van der Waals surface area contributed by atoms with Crippen LogP contribution in [0.2, 0.25) is 0 Å². The Hall–Kier alpha value is -0.440.